The van der Waals surface area contributed by atoms with Crippen molar-refractivity contribution in [1.82, 2.24) is 25.1 Å². The number of nitrogens with zero attached hydrogens (tertiary/aromatic N) is 4. The van der Waals surface area contributed by atoms with E-state index in [0.29, 0.717) is 23.0 Å². The zero-order valence-corrected chi connectivity index (χ0v) is 16.0. The van der Waals surface area contributed by atoms with Crippen molar-refractivity contribution in [2.45, 2.75) is 13.3 Å². The van der Waals surface area contributed by atoms with Gasteiger partial charge in [-0.15, -0.1) is 0 Å². The number of aryl methyl sites for hydroxylation is 2. The first kappa shape index (κ1) is 17.8. The minimum absolute atomic E-state index is 0.157. The van der Waals surface area contributed by atoms with Gasteiger partial charge in [-0.25, -0.2) is 0 Å². The molecule has 4 rings (SSSR count). The van der Waals surface area contributed by atoms with E-state index in [1.165, 1.54) is 0 Å². The summed E-state index contributed by atoms with van der Waals surface area (Å²) in [6, 6.07) is 9.28. The molecule has 3 aromatic rings. The predicted octanol–water partition coefficient (Wildman–Crippen LogP) is 2.33. The Hall–Kier alpha value is -3.62. The summed E-state index contributed by atoms with van der Waals surface area (Å²) in [5.74, 6) is 2.56. The van der Waals surface area contributed by atoms with Crippen molar-refractivity contribution in [3.63, 3.8) is 0 Å². The molecule has 9 heteroatoms. The van der Waals surface area contributed by atoms with Gasteiger partial charge in [0.15, 0.2) is 0 Å². The van der Waals surface area contributed by atoms with Gasteiger partial charge in [0.2, 0.25) is 5.95 Å². The molecule has 0 unspecified atom stereocenters. The van der Waals surface area contributed by atoms with E-state index in [0.717, 1.165) is 35.9 Å². The van der Waals surface area contributed by atoms with Crippen molar-refractivity contribution >= 4 is 35.0 Å². The Labute approximate surface area is 162 Å². The Balaban J connectivity index is 1.71. The second-order valence-electron chi connectivity index (χ2n) is 6.57. The van der Waals surface area contributed by atoms with E-state index in [2.05, 4.69) is 36.3 Å². The van der Waals surface area contributed by atoms with Crippen LogP contribution in [0.4, 0.5) is 29.1 Å². The van der Waals surface area contributed by atoms with Crippen LogP contribution < -0.4 is 21.3 Å². The molecule has 0 fully saturated rings. The summed E-state index contributed by atoms with van der Waals surface area (Å²) in [7, 11) is 3.48. The van der Waals surface area contributed by atoms with E-state index in [4.69, 9.17) is 0 Å². The van der Waals surface area contributed by atoms with E-state index in [9.17, 15) is 4.79 Å². The third-order valence-corrected chi connectivity index (χ3v) is 4.57. The van der Waals surface area contributed by atoms with Gasteiger partial charge in [0, 0.05) is 32.3 Å². The van der Waals surface area contributed by atoms with Crippen LogP contribution in [0, 0.1) is 6.92 Å². The van der Waals surface area contributed by atoms with Crippen LogP contribution in [-0.4, -0.2) is 39.2 Å². The summed E-state index contributed by atoms with van der Waals surface area (Å²) in [5, 5.41) is 16.8. The van der Waals surface area contributed by atoms with E-state index >= 15 is 0 Å². The Kier molecular flexibility index (Phi) is 4.56. The number of para-hydroxylation sites is 1. The summed E-state index contributed by atoms with van der Waals surface area (Å²) < 4.78 is 1.74. The molecular formula is C19H22N8O. The standard InChI is InChI=1S/C19H22N8O/c1-11-10-15(27(3)26-11)23-19-24-16-13(8-9-21-16)17(25-19)22-14-7-5-4-6-12(14)18(28)20-2/h4-7,10H,8-9H2,1-3H3,(H,20,28)(H3,21,22,23,24,25). The lowest BCUT2D eigenvalue weighted by molar-refractivity contribution is 0.0964. The molecule has 144 valence electrons. The average molecular weight is 378 g/mol. The number of anilines is 5. The fraction of sp³-hybridized carbons (Fsp3) is 0.263. The number of nitrogens with one attached hydrogen (secondary N) is 4. The van der Waals surface area contributed by atoms with Crippen LogP contribution in [0.15, 0.2) is 30.3 Å². The third kappa shape index (κ3) is 3.34. The molecule has 0 spiro atoms. The second kappa shape index (κ2) is 7.18. The minimum Gasteiger partial charge on any atom is -0.369 e. The molecule has 1 aliphatic heterocycles. The van der Waals surface area contributed by atoms with Crippen LogP contribution >= 0.6 is 0 Å². The lowest BCUT2D eigenvalue weighted by Gasteiger charge is -2.14. The second-order valence-corrected chi connectivity index (χ2v) is 6.57. The zero-order chi connectivity index (χ0) is 19.7. The average Bonchev–Trinajstić information content (AvgIpc) is 3.27. The van der Waals surface area contributed by atoms with Crippen LogP contribution in [0.25, 0.3) is 0 Å². The quantitative estimate of drug-likeness (QED) is 0.539. The topological polar surface area (TPSA) is 109 Å². The van der Waals surface area contributed by atoms with Crippen LogP contribution in [-0.2, 0) is 13.5 Å². The minimum atomic E-state index is -0.157. The molecule has 0 aliphatic carbocycles. The number of amides is 1. The molecule has 0 bridgehead atoms. The Bertz CT molecular complexity index is 1040. The van der Waals surface area contributed by atoms with Crippen molar-refractivity contribution in [3.8, 4) is 0 Å². The highest BCUT2D eigenvalue weighted by molar-refractivity contribution is 6.00. The maximum absolute atomic E-state index is 12.2. The lowest BCUT2D eigenvalue weighted by atomic mass is 10.1. The van der Waals surface area contributed by atoms with E-state index in [1.807, 2.05) is 38.2 Å². The first-order chi connectivity index (χ1) is 13.5. The van der Waals surface area contributed by atoms with Crippen molar-refractivity contribution in [2.75, 3.05) is 29.5 Å². The highest BCUT2D eigenvalue weighted by atomic mass is 16.1. The number of benzene rings is 1. The summed E-state index contributed by atoms with van der Waals surface area (Å²) >= 11 is 0. The number of carbonyl (C=O) groups is 1. The summed E-state index contributed by atoms with van der Waals surface area (Å²) in [6.07, 6.45) is 0.810. The van der Waals surface area contributed by atoms with Crippen LogP contribution in [0.5, 0.6) is 0 Å². The number of rotatable bonds is 5. The molecule has 0 radical (unpaired) electrons. The molecule has 0 saturated heterocycles. The van der Waals surface area contributed by atoms with E-state index < -0.39 is 0 Å². The lowest BCUT2D eigenvalue weighted by Crippen LogP contribution is -2.19. The largest absolute Gasteiger partial charge is 0.369 e. The fourth-order valence-electron chi connectivity index (χ4n) is 3.23. The number of aromatic nitrogens is 4. The number of hydrogen-bond donors (Lipinski definition) is 4. The van der Waals surface area contributed by atoms with Crippen molar-refractivity contribution in [2.24, 2.45) is 7.05 Å². The smallest absolute Gasteiger partial charge is 0.253 e. The summed E-state index contributed by atoms with van der Waals surface area (Å²) in [5.41, 5.74) is 3.15. The molecule has 0 atom stereocenters. The highest BCUT2D eigenvalue weighted by Crippen LogP contribution is 2.31. The summed E-state index contributed by atoms with van der Waals surface area (Å²) in [6.45, 7) is 2.73. The van der Waals surface area contributed by atoms with Gasteiger partial charge in [-0.2, -0.15) is 15.1 Å². The predicted molar refractivity (Wildman–Crippen MR) is 109 cm³/mol. The first-order valence-electron chi connectivity index (χ1n) is 9.05. The van der Waals surface area contributed by atoms with Crippen LogP contribution in [0.2, 0.25) is 0 Å². The van der Waals surface area contributed by atoms with Crippen molar-refractivity contribution in [3.05, 3.63) is 47.2 Å². The van der Waals surface area contributed by atoms with Gasteiger partial charge < -0.3 is 21.3 Å². The molecule has 3 heterocycles. The molecule has 28 heavy (non-hydrogen) atoms. The van der Waals surface area contributed by atoms with Gasteiger partial charge in [-0.05, 0) is 25.5 Å². The molecular weight excluding hydrogens is 356 g/mol. The molecule has 9 nitrogen and oxygen atoms in total. The van der Waals surface area contributed by atoms with E-state index in [1.54, 1.807) is 17.8 Å². The van der Waals surface area contributed by atoms with Gasteiger partial charge in [-0.1, -0.05) is 12.1 Å². The Morgan fingerprint density at radius 1 is 1.21 bits per heavy atom. The molecule has 2 aromatic heterocycles. The normalized spacial score (nSPS) is 12.2. The Morgan fingerprint density at radius 2 is 2.04 bits per heavy atom. The van der Waals surface area contributed by atoms with Gasteiger partial charge in [0.05, 0.1) is 16.9 Å². The van der Waals surface area contributed by atoms with Gasteiger partial charge >= 0.3 is 0 Å². The van der Waals surface area contributed by atoms with Gasteiger partial charge in [0.25, 0.3) is 5.91 Å². The molecule has 1 amide bonds. The van der Waals surface area contributed by atoms with Crippen LogP contribution in [0.3, 0.4) is 0 Å². The SMILES string of the molecule is CNC(=O)c1ccccc1Nc1nc(Nc2cc(C)nn2C)nc2c1CCN2. The van der Waals surface area contributed by atoms with Gasteiger partial charge in [-0.3, -0.25) is 9.48 Å². The summed E-state index contributed by atoms with van der Waals surface area (Å²) in [4.78, 5) is 21.4. The first-order valence-corrected chi connectivity index (χ1v) is 9.05. The number of hydrogen-bond acceptors (Lipinski definition) is 7. The van der Waals surface area contributed by atoms with Crippen molar-refractivity contribution < 1.29 is 4.79 Å². The Morgan fingerprint density at radius 3 is 2.79 bits per heavy atom. The molecule has 0 saturated carbocycles. The maximum Gasteiger partial charge on any atom is 0.253 e. The highest BCUT2D eigenvalue weighted by Gasteiger charge is 2.21. The molecule has 1 aliphatic rings. The number of carbonyl (C=O) groups excluding carboxylic acids is 1. The maximum atomic E-state index is 12.2. The van der Waals surface area contributed by atoms with Crippen LogP contribution in [0.1, 0.15) is 21.6 Å². The van der Waals surface area contributed by atoms with Gasteiger partial charge in [0.1, 0.15) is 17.5 Å². The zero-order valence-electron chi connectivity index (χ0n) is 16.0. The number of fused-ring (bicyclic) bond motifs is 1. The molecule has 4 N–H and O–H groups in total. The monoisotopic (exact) mass is 378 g/mol. The fourth-order valence-corrected chi connectivity index (χ4v) is 3.23. The molecule has 1 aromatic carbocycles. The third-order valence-electron chi connectivity index (χ3n) is 4.57. The van der Waals surface area contributed by atoms with Crippen molar-refractivity contribution in [1.29, 1.82) is 0 Å². The van der Waals surface area contributed by atoms with E-state index in [-0.39, 0.29) is 5.91 Å².